The predicted molar refractivity (Wildman–Crippen MR) is 71.1 cm³/mol. The van der Waals surface area contributed by atoms with Crippen LogP contribution in [-0.4, -0.2) is 19.6 Å². The molecule has 86 valence electrons. The van der Waals surface area contributed by atoms with Crippen molar-refractivity contribution in [3.63, 3.8) is 0 Å². The summed E-state index contributed by atoms with van der Waals surface area (Å²) < 4.78 is 4.70. The van der Waals surface area contributed by atoms with Crippen molar-refractivity contribution in [2.75, 3.05) is 5.73 Å². The zero-order valence-corrected chi connectivity index (χ0v) is 11.6. The molecule has 1 unspecified atom stereocenters. The smallest absolute Gasteiger partial charge is 0.136 e. The van der Waals surface area contributed by atoms with E-state index in [0.717, 1.165) is 15.0 Å². The number of halogens is 1. The van der Waals surface area contributed by atoms with Crippen molar-refractivity contribution >= 4 is 28.4 Å². The highest BCUT2D eigenvalue weighted by molar-refractivity contribution is 14.1. The van der Waals surface area contributed by atoms with E-state index in [4.69, 9.17) is 5.73 Å². The molecule has 0 aromatic carbocycles. The van der Waals surface area contributed by atoms with E-state index in [9.17, 15) is 0 Å². The number of hydrogen-bond acceptors (Lipinski definition) is 3. The Kier molecular flexibility index (Phi) is 2.92. The predicted octanol–water partition coefficient (Wildman–Crippen LogP) is 1.72. The van der Waals surface area contributed by atoms with Crippen LogP contribution in [0.4, 0.5) is 5.82 Å². The maximum absolute atomic E-state index is 6.02. The van der Waals surface area contributed by atoms with E-state index >= 15 is 0 Å². The zero-order valence-electron chi connectivity index (χ0n) is 9.48. The van der Waals surface area contributed by atoms with Crippen LogP contribution in [0.2, 0.25) is 0 Å². The monoisotopic (exact) mass is 331 g/mol. The van der Waals surface area contributed by atoms with Crippen LogP contribution in [0.5, 0.6) is 0 Å². The Labute approximate surface area is 108 Å². The summed E-state index contributed by atoms with van der Waals surface area (Å²) in [5.41, 5.74) is 8.08. The summed E-state index contributed by atoms with van der Waals surface area (Å²) in [6.45, 7) is 4.03. The number of nitrogens with zero attached hydrogens (tertiary/aromatic N) is 4. The summed E-state index contributed by atoms with van der Waals surface area (Å²) in [6.07, 6.45) is 1.78. The molecule has 0 saturated carbocycles. The molecule has 0 saturated heterocycles. The van der Waals surface area contributed by atoms with Gasteiger partial charge in [-0.3, -0.25) is 4.68 Å². The Morgan fingerprint density at radius 1 is 1.50 bits per heavy atom. The number of aryl methyl sites for hydroxylation is 2. The molecule has 0 amide bonds. The molecular formula is C10H14IN5. The summed E-state index contributed by atoms with van der Waals surface area (Å²) >= 11 is 2.22. The van der Waals surface area contributed by atoms with Gasteiger partial charge in [0.25, 0.3) is 0 Å². The second-order valence-corrected chi connectivity index (χ2v) is 4.86. The standard InChI is InChI=1S/C10H14IN5/c1-6-9(11)10(12)16(14-6)7(2)8-4-5-13-15(8)3/h4-5,7H,12H2,1-3H3. The average Bonchev–Trinajstić information content (AvgIpc) is 2.77. The molecule has 5 nitrogen and oxygen atoms in total. The van der Waals surface area contributed by atoms with Gasteiger partial charge in [-0.2, -0.15) is 10.2 Å². The first-order valence-corrected chi connectivity index (χ1v) is 6.08. The molecule has 0 aliphatic heterocycles. The van der Waals surface area contributed by atoms with Crippen molar-refractivity contribution in [2.24, 2.45) is 7.05 Å². The Bertz CT molecular complexity index is 513. The lowest BCUT2D eigenvalue weighted by atomic mass is 10.2. The summed E-state index contributed by atoms with van der Waals surface area (Å²) in [7, 11) is 1.92. The number of rotatable bonds is 2. The van der Waals surface area contributed by atoms with E-state index in [1.165, 1.54) is 0 Å². The molecule has 0 bridgehead atoms. The first-order valence-electron chi connectivity index (χ1n) is 5.00. The quantitative estimate of drug-likeness (QED) is 0.853. The van der Waals surface area contributed by atoms with Crippen LogP contribution in [-0.2, 0) is 7.05 Å². The van der Waals surface area contributed by atoms with Gasteiger partial charge in [0, 0.05) is 13.2 Å². The fourth-order valence-corrected chi connectivity index (χ4v) is 2.11. The zero-order chi connectivity index (χ0) is 11.9. The third-order valence-corrected chi connectivity index (χ3v) is 4.03. The minimum atomic E-state index is 0.0923. The maximum atomic E-state index is 6.02. The topological polar surface area (TPSA) is 61.7 Å². The summed E-state index contributed by atoms with van der Waals surface area (Å²) in [4.78, 5) is 0. The second-order valence-electron chi connectivity index (χ2n) is 3.78. The fraction of sp³-hybridized carbons (Fsp3) is 0.400. The lowest BCUT2D eigenvalue weighted by molar-refractivity contribution is 0.525. The highest BCUT2D eigenvalue weighted by Crippen LogP contribution is 2.25. The van der Waals surface area contributed by atoms with Crippen LogP contribution in [0.25, 0.3) is 0 Å². The molecule has 2 heterocycles. The van der Waals surface area contributed by atoms with Gasteiger partial charge in [-0.15, -0.1) is 0 Å². The van der Waals surface area contributed by atoms with E-state index in [2.05, 4.69) is 39.7 Å². The van der Waals surface area contributed by atoms with Crippen LogP contribution in [0.1, 0.15) is 24.4 Å². The molecule has 2 aromatic rings. The minimum Gasteiger partial charge on any atom is -0.383 e. The normalized spacial score (nSPS) is 13.0. The molecule has 0 aliphatic rings. The number of nitrogen functional groups attached to an aromatic ring is 1. The number of nitrogens with two attached hydrogens (primary N) is 1. The van der Waals surface area contributed by atoms with Gasteiger partial charge >= 0.3 is 0 Å². The maximum Gasteiger partial charge on any atom is 0.136 e. The van der Waals surface area contributed by atoms with E-state index in [0.29, 0.717) is 5.82 Å². The second kappa shape index (κ2) is 4.08. The van der Waals surface area contributed by atoms with Gasteiger partial charge in [-0.1, -0.05) is 0 Å². The molecule has 2 rings (SSSR count). The van der Waals surface area contributed by atoms with Gasteiger partial charge in [0.05, 0.1) is 21.0 Å². The van der Waals surface area contributed by atoms with Gasteiger partial charge in [0.1, 0.15) is 5.82 Å². The van der Waals surface area contributed by atoms with Crippen LogP contribution < -0.4 is 5.73 Å². The Hall–Kier alpha value is -1.05. The summed E-state index contributed by atoms with van der Waals surface area (Å²) in [5, 5.41) is 8.60. The Balaban J connectivity index is 2.45. The number of hydrogen-bond donors (Lipinski definition) is 1. The number of anilines is 1. The van der Waals surface area contributed by atoms with Gasteiger partial charge in [0.15, 0.2) is 0 Å². The molecular weight excluding hydrogens is 317 g/mol. The Morgan fingerprint density at radius 3 is 2.62 bits per heavy atom. The molecule has 2 N–H and O–H groups in total. The molecule has 6 heteroatoms. The van der Waals surface area contributed by atoms with Gasteiger partial charge in [0.2, 0.25) is 0 Å². The van der Waals surface area contributed by atoms with E-state index in [1.54, 1.807) is 6.20 Å². The largest absolute Gasteiger partial charge is 0.383 e. The highest BCUT2D eigenvalue weighted by atomic mass is 127. The van der Waals surface area contributed by atoms with E-state index in [1.807, 2.05) is 29.4 Å². The molecule has 1 atom stereocenters. The fourth-order valence-electron chi connectivity index (χ4n) is 1.76. The van der Waals surface area contributed by atoms with Gasteiger partial charge < -0.3 is 5.73 Å². The van der Waals surface area contributed by atoms with Crippen molar-refractivity contribution < 1.29 is 0 Å². The average molecular weight is 331 g/mol. The molecule has 0 radical (unpaired) electrons. The van der Waals surface area contributed by atoms with Crippen molar-refractivity contribution in [3.05, 3.63) is 27.2 Å². The lowest BCUT2D eigenvalue weighted by Crippen LogP contribution is -2.15. The molecule has 0 aliphatic carbocycles. The van der Waals surface area contributed by atoms with Crippen LogP contribution in [0, 0.1) is 10.5 Å². The van der Waals surface area contributed by atoms with Crippen LogP contribution >= 0.6 is 22.6 Å². The van der Waals surface area contributed by atoms with E-state index in [-0.39, 0.29) is 6.04 Å². The first-order chi connectivity index (χ1) is 7.52. The third-order valence-electron chi connectivity index (χ3n) is 2.70. The van der Waals surface area contributed by atoms with Gasteiger partial charge in [-0.25, -0.2) is 4.68 Å². The summed E-state index contributed by atoms with van der Waals surface area (Å²) in [6, 6.07) is 2.07. The lowest BCUT2D eigenvalue weighted by Gasteiger charge is -2.14. The first kappa shape index (κ1) is 11.4. The molecule has 2 aromatic heterocycles. The van der Waals surface area contributed by atoms with E-state index < -0.39 is 0 Å². The van der Waals surface area contributed by atoms with Crippen molar-refractivity contribution in [2.45, 2.75) is 19.9 Å². The van der Waals surface area contributed by atoms with Crippen LogP contribution in [0.3, 0.4) is 0 Å². The molecule has 16 heavy (non-hydrogen) atoms. The van der Waals surface area contributed by atoms with Crippen molar-refractivity contribution in [1.82, 2.24) is 19.6 Å². The third kappa shape index (κ3) is 1.70. The summed E-state index contributed by atoms with van der Waals surface area (Å²) in [5.74, 6) is 0.715. The SMILES string of the molecule is Cc1nn(C(C)c2ccnn2C)c(N)c1I. The molecule has 0 spiro atoms. The highest BCUT2D eigenvalue weighted by Gasteiger charge is 2.18. The number of aromatic nitrogens is 4. The van der Waals surface area contributed by atoms with Crippen molar-refractivity contribution in [3.8, 4) is 0 Å². The van der Waals surface area contributed by atoms with Crippen LogP contribution in [0.15, 0.2) is 12.3 Å². The minimum absolute atomic E-state index is 0.0923. The van der Waals surface area contributed by atoms with Gasteiger partial charge in [-0.05, 0) is 42.5 Å². The molecule has 0 fully saturated rings. The van der Waals surface area contributed by atoms with Crippen molar-refractivity contribution in [1.29, 1.82) is 0 Å². The Morgan fingerprint density at radius 2 is 2.19 bits per heavy atom.